The van der Waals surface area contributed by atoms with Crippen LogP contribution >= 0.6 is 17.2 Å². The van der Waals surface area contributed by atoms with E-state index >= 15 is 0 Å². The highest BCUT2D eigenvalue weighted by atomic mass is 31.1. The van der Waals surface area contributed by atoms with Crippen LogP contribution < -0.4 is 21.2 Å². The van der Waals surface area contributed by atoms with Crippen LogP contribution in [0.1, 0.15) is 22.3 Å². The summed E-state index contributed by atoms with van der Waals surface area (Å²) in [6.07, 6.45) is 0. The Bertz CT molecular complexity index is 1680. The molecule has 0 aliphatic rings. The summed E-state index contributed by atoms with van der Waals surface area (Å²) in [4.78, 5) is 0. The van der Waals surface area contributed by atoms with Crippen LogP contribution in [0.15, 0.2) is 109 Å². The van der Waals surface area contributed by atoms with Gasteiger partial charge in [-0.05, 0) is 104 Å². The monoisotopic (exact) mass is 526 g/mol. The van der Waals surface area contributed by atoms with Crippen molar-refractivity contribution in [2.45, 2.75) is 27.7 Å². The van der Waals surface area contributed by atoms with Crippen LogP contribution in [0, 0.1) is 27.7 Å². The largest absolute Gasteiger partial charge is 0.0616 e. The van der Waals surface area contributed by atoms with Crippen molar-refractivity contribution in [3.8, 4) is 11.1 Å². The van der Waals surface area contributed by atoms with Crippen LogP contribution in [0.3, 0.4) is 0 Å². The molecular weight excluding hydrogens is 494 g/mol. The highest BCUT2D eigenvalue weighted by molar-refractivity contribution is 7.57. The first-order valence-electron chi connectivity index (χ1n) is 13.2. The van der Waals surface area contributed by atoms with E-state index in [1.807, 2.05) is 0 Å². The van der Waals surface area contributed by atoms with Crippen molar-refractivity contribution in [3.63, 3.8) is 0 Å². The maximum absolute atomic E-state index is 2.38. The highest BCUT2D eigenvalue weighted by Gasteiger charge is 2.19. The quantitative estimate of drug-likeness (QED) is 0.199. The summed E-state index contributed by atoms with van der Waals surface area (Å²) in [5, 5.41) is 11.0. The van der Waals surface area contributed by atoms with Crippen molar-refractivity contribution in [1.82, 2.24) is 0 Å². The molecule has 0 radical (unpaired) electrons. The number of rotatable bonds is 5. The molecule has 186 valence electrons. The fourth-order valence-electron chi connectivity index (χ4n) is 5.35. The highest BCUT2D eigenvalue weighted by Crippen LogP contribution is 2.37. The first-order valence-corrected chi connectivity index (χ1v) is 15.2. The van der Waals surface area contributed by atoms with E-state index in [0.29, 0.717) is 17.2 Å². The number of hydrogen-bond acceptors (Lipinski definition) is 0. The van der Waals surface area contributed by atoms with Gasteiger partial charge in [-0.15, -0.1) is 0 Å². The van der Waals surface area contributed by atoms with Crippen molar-refractivity contribution in [3.05, 3.63) is 131 Å². The molecule has 6 aromatic carbocycles. The second kappa shape index (κ2) is 10.5. The number of benzene rings is 6. The lowest BCUT2D eigenvalue weighted by molar-refractivity contribution is 1.37. The summed E-state index contributed by atoms with van der Waals surface area (Å²) in [5.74, 6) is 0. The summed E-state index contributed by atoms with van der Waals surface area (Å²) >= 11 is 0. The molecule has 0 amide bonds. The Morgan fingerprint density at radius 2 is 0.789 bits per heavy atom. The normalized spacial score (nSPS) is 12.0. The maximum Gasteiger partial charge on any atom is -0.00150 e. The van der Waals surface area contributed by atoms with Gasteiger partial charge in [-0.25, -0.2) is 0 Å². The summed E-state index contributed by atoms with van der Waals surface area (Å²) in [6, 6.07) is 40.7. The molecule has 2 unspecified atom stereocenters. The fraction of sp³-hybridized carbons (Fsp3) is 0.111. The van der Waals surface area contributed by atoms with Gasteiger partial charge in [0.25, 0.3) is 0 Å². The second-order valence-electron chi connectivity index (χ2n) is 10.2. The van der Waals surface area contributed by atoms with E-state index in [4.69, 9.17) is 0 Å². The molecule has 0 bridgehead atoms. The maximum atomic E-state index is 2.38. The van der Waals surface area contributed by atoms with Gasteiger partial charge in [-0.2, -0.15) is 0 Å². The molecule has 0 aliphatic heterocycles. The Labute approximate surface area is 229 Å². The molecule has 0 saturated carbocycles. The summed E-state index contributed by atoms with van der Waals surface area (Å²) in [5.41, 5.74) is 8.32. The first-order chi connectivity index (χ1) is 18.5. The van der Waals surface area contributed by atoms with Gasteiger partial charge >= 0.3 is 0 Å². The number of aryl methyl sites for hydroxylation is 2. The third-order valence-electron chi connectivity index (χ3n) is 7.86. The minimum atomic E-state index is 0.594. The minimum Gasteiger partial charge on any atom is -0.0616 e. The minimum absolute atomic E-state index is 0.594. The lowest BCUT2D eigenvalue weighted by Crippen LogP contribution is -2.15. The molecule has 0 heterocycles. The molecular formula is C36H32P2. The topological polar surface area (TPSA) is 0 Å². The Hall–Kier alpha value is -3.30. The van der Waals surface area contributed by atoms with Gasteiger partial charge in [-0.3, -0.25) is 0 Å². The van der Waals surface area contributed by atoms with Crippen LogP contribution in [0.4, 0.5) is 0 Å². The standard InChI is InChI=1S/C36H32P2/c1-23-11-9-17-31(25(23)3)37-33-21-19-27-13-5-7-15-29(27)35(33)36-30-16-8-6-14-28(30)20-22-34(36)38-32-18-10-12-24(2)26(32)4/h5-22,37-38H,1-4H3. The van der Waals surface area contributed by atoms with E-state index in [2.05, 4.69) is 137 Å². The van der Waals surface area contributed by atoms with E-state index < -0.39 is 0 Å². The van der Waals surface area contributed by atoms with Crippen molar-refractivity contribution >= 4 is 59.9 Å². The Balaban J connectivity index is 1.66. The summed E-state index contributed by atoms with van der Waals surface area (Å²) in [7, 11) is 1.19. The molecule has 0 nitrogen and oxygen atoms in total. The zero-order valence-electron chi connectivity index (χ0n) is 22.4. The smallest absolute Gasteiger partial charge is 0.00150 e. The molecule has 0 aromatic heterocycles. The number of fused-ring (bicyclic) bond motifs is 2. The fourth-order valence-corrected chi connectivity index (χ4v) is 8.16. The van der Waals surface area contributed by atoms with Gasteiger partial charge in [0, 0.05) is 0 Å². The molecule has 2 heteroatoms. The van der Waals surface area contributed by atoms with E-state index in [1.165, 1.54) is 76.1 Å². The van der Waals surface area contributed by atoms with E-state index in [1.54, 1.807) is 0 Å². The van der Waals surface area contributed by atoms with Gasteiger partial charge in [0.1, 0.15) is 0 Å². The molecule has 0 aliphatic carbocycles. The van der Waals surface area contributed by atoms with Crippen LogP contribution in [0.25, 0.3) is 32.7 Å². The van der Waals surface area contributed by atoms with Gasteiger partial charge in [0.2, 0.25) is 0 Å². The van der Waals surface area contributed by atoms with Crippen LogP contribution in [0.2, 0.25) is 0 Å². The predicted molar refractivity (Wildman–Crippen MR) is 174 cm³/mol. The van der Waals surface area contributed by atoms with Gasteiger partial charge in [0.15, 0.2) is 0 Å². The van der Waals surface area contributed by atoms with Crippen molar-refractivity contribution in [2.24, 2.45) is 0 Å². The SMILES string of the molecule is Cc1cccc(Pc2ccc3ccccc3c2-c2c(Pc3cccc(C)c3C)ccc3ccccc23)c1C. The van der Waals surface area contributed by atoms with Gasteiger partial charge < -0.3 is 0 Å². The van der Waals surface area contributed by atoms with E-state index in [0.717, 1.165) is 0 Å². The third kappa shape index (κ3) is 4.58. The Morgan fingerprint density at radius 1 is 0.368 bits per heavy atom. The number of hydrogen-bond donors (Lipinski definition) is 0. The predicted octanol–water partition coefficient (Wildman–Crippen LogP) is 8.15. The summed E-state index contributed by atoms with van der Waals surface area (Å²) in [6.45, 7) is 8.98. The summed E-state index contributed by atoms with van der Waals surface area (Å²) < 4.78 is 0. The Morgan fingerprint density at radius 3 is 1.24 bits per heavy atom. The van der Waals surface area contributed by atoms with Gasteiger partial charge in [-0.1, -0.05) is 126 Å². The zero-order chi connectivity index (χ0) is 26.2. The van der Waals surface area contributed by atoms with Crippen molar-refractivity contribution in [1.29, 1.82) is 0 Å². The molecule has 6 aromatic rings. The van der Waals surface area contributed by atoms with Crippen LogP contribution in [0.5, 0.6) is 0 Å². The lowest BCUT2D eigenvalue weighted by atomic mass is 9.93. The lowest BCUT2D eigenvalue weighted by Gasteiger charge is -2.21. The molecule has 2 atom stereocenters. The van der Waals surface area contributed by atoms with Crippen LogP contribution in [-0.2, 0) is 0 Å². The van der Waals surface area contributed by atoms with Crippen molar-refractivity contribution < 1.29 is 0 Å². The second-order valence-corrected chi connectivity index (χ2v) is 12.8. The van der Waals surface area contributed by atoms with Crippen LogP contribution in [-0.4, -0.2) is 0 Å². The molecule has 0 N–H and O–H groups in total. The third-order valence-corrected chi connectivity index (χ3v) is 10.8. The average Bonchev–Trinajstić information content (AvgIpc) is 2.94. The van der Waals surface area contributed by atoms with Crippen molar-refractivity contribution in [2.75, 3.05) is 0 Å². The average molecular weight is 527 g/mol. The zero-order valence-corrected chi connectivity index (χ0v) is 24.4. The van der Waals surface area contributed by atoms with Gasteiger partial charge in [0.05, 0.1) is 0 Å². The molecule has 0 fully saturated rings. The van der Waals surface area contributed by atoms with E-state index in [-0.39, 0.29) is 0 Å². The first kappa shape index (κ1) is 25.0. The molecule has 38 heavy (non-hydrogen) atoms. The molecule has 0 spiro atoms. The Kier molecular flexibility index (Phi) is 6.88. The van der Waals surface area contributed by atoms with E-state index in [9.17, 15) is 0 Å². The molecule has 0 saturated heterocycles. The molecule has 6 rings (SSSR count).